The van der Waals surface area contributed by atoms with E-state index in [0.717, 1.165) is 35.4 Å². The molecule has 0 spiro atoms. The van der Waals surface area contributed by atoms with Crippen LogP contribution in [0.2, 0.25) is 0 Å². The Balaban J connectivity index is 0.000000260. The molecule has 0 aliphatic carbocycles. The number of carbonyl (C=O) groups is 2. The van der Waals surface area contributed by atoms with Gasteiger partial charge < -0.3 is 14.7 Å². The van der Waals surface area contributed by atoms with Crippen LogP contribution in [-0.2, 0) is 14.3 Å². The second-order valence-electron chi connectivity index (χ2n) is 6.53. The molecule has 0 amide bonds. The minimum absolute atomic E-state index is 0.0411. The van der Waals surface area contributed by atoms with Crippen molar-refractivity contribution in [3.63, 3.8) is 0 Å². The minimum Gasteiger partial charge on any atom is -0.461 e. The van der Waals surface area contributed by atoms with Crippen molar-refractivity contribution in [2.75, 3.05) is 18.6 Å². The fraction of sp³-hybridized carbons (Fsp3) is 0.182. The van der Waals surface area contributed by atoms with Crippen LogP contribution in [0.1, 0.15) is 24.3 Å². The molecule has 0 bridgehead atoms. The van der Waals surface area contributed by atoms with Crippen LogP contribution in [-0.4, -0.2) is 57.3 Å². The first-order chi connectivity index (χ1) is 17.7. The van der Waals surface area contributed by atoms with E-state index in [-0.39, 0.29) is 36.0 Å². The van der Waals surface area contributed by atoms with Crippen molar-refractivity contribution in [1.29, 1.82) is 0 Å². The van der Waals surface area contributed by atoms with E-state index in [1.165, 1.54) is 6.07 Å². The quantitative estimate of drug-likeness (QED) is 0.150. The molecule has 0 radical (unpaired) electrons. The second kappa shape index (κ2) is 13.9. The molecular formula is C22H20F4N6O5. The molecule has 196 valence electrons. The van der Waals surface area contributed by atoms with Gasteiger partial charge >= 0.3 is 11.9 Å². The number of nitrogens with zero attached hydrogens (tertiary/aromatic N) is 5. The first-order valence-corrected chi connectivity index (χ1v) is 10.4. The standard InChI is InChI=1S/C11H11F2N3O3.C11H9F2N3O2/c1-2-19-11(17)10(6-14-18)16-15-9-4-3-7(12)5-8(9)13;1-2-18-11(17)9-6-14-16(15-9)10-4-3-7(12)5-8(10)13/h3-6,15,18H,2H2,1H3;3-6H,2H2,1H3/b14-6+,16-10+;. The highest BCUT2D eigenvalue weighted by atomic mass is 19.1. The van der Waals surface area contributed by atoms with E-state index < -0.39 is 35.2 Å². The number of esters is 2. The highest BCUT2D eigenvalue weighted by Crippen LogP contribution is 2.15. The Morgan fingerprint density at radius 3 is 2.27 bits per heavy atom. The van der Waals surface area contributed by atoms with Crippen molar-refractivity contribution in [2.45, 2.75) is 13.8 Å². The summed E-state index contributed by atoms with van der Waals surface area (Å²) in [6.45, 7) is 3.54. The Hall–Kier alpha value is -4.82. The van der Waals surface area contributed by atoms with Crippen molar-refractivity contribution in [1.82, 2.24) is 15.0 Å². The third-order valence-corrected chi connectivity index (χ3v) is 3.99. The van der Waals surface area contributed by atoms with Gasteiger partial charge in [-0.05, 0) is 38.1 Å². The van der Waals surface area contributed by atoms with Gasteiger partial charge in [0.25, 0.3) is 0 Å². The summed E-state index contributed by atoms with van der Waals surface area (Å²) >= 11 is 0. The maximum Gasteiger partial charge on any atom is 0.360 e. The molecule has 15 heteroatoms. The van der Waals surface area contributed by atoms with Crippen LogP contribution >= 0.6 is 0 Å². The van der Waals surface area contributed by atoms with Crippen molar-refractivity contribution < 1.29 is 41.8 Å². The number of anilines is 1. The monoisotopic (exact) mass is 524 g/mol. The molecule has 0 fully saturated rings. The number of hydrogen-bond acceptors (Lipinski definition) is 10. The average molecular weight is 524 g/mol. The van der Waals surface area contributed by atoms with Gasteiger partial charge in [-0.2, -0.15) is 10.2 Å². The lowest BCUT2D eigenvalue weighted by Crippen LogP contribution is -2.20. The smallest absolute Gasteiger partial charge is 0.360 e. The van der Waals surface area contributed by atoms with Crippen LogP contribution in [0.15, 0.2) is 52.9 Å². The molecule has 37 heavy (non-hydrogen) atoms. The van der Waals surface area contributed by atoms with Gasteiger partial charge in [0, 0.05) is 12.1 Å². The molecule has 0 saturated heterocycles. The van der Waals surface area contributed by atoms with E-state index in [9.17, 15) is 27.2 Å². The number of halogens is 4. The predicted molar refractivity (Wildman–Crippen MR) is 122 cm³/mol. The third-order valence-electron chi connectivity index (χ3n) is 3.99. The Morgan fingerprint density at radius 2 is 1.68 bits per heavy atom. The van der Waals surface area contributed by atoms with E-state index in [1.54, 1.807) is 13.8 Å². The molecule has 0 aliphatic heterocycles. The summed E-state index contributed by atoms with van der Waals surface area (Å²) in [4.78, 5) is 23.6. The van der Waals surface area contributed by atoms with Gasteiger partial charge in [-0.25, -0.2) is 27.2 Å². The number of rotatable bonds is 8. The Kier molecular flexibility index (Phi) is 10.7. The minimum atomic E-state index is -0.882. The van der Waals surface area contributed by atoms with Crippen LogP contribution in [0.5, 0.6) is 0 Å². The molecule has 2 N–H and O–H groups in total. The molecule has 0 unspecified atom stereocenters. The van der Waals surface area contributed by atoms with E-state index in [1.807, 2.05) is 0 Å². The van der Waals surface area contributed by atoms with Gasteiger partial charge in [-0.3, -0.25) is 5.43 Å². The lowest BCUT2D eigenvalue weighted by Gasteiger charge is -2.04. The zero-order valence-corrected chi connectivity index (χ0v) is 19.4. The summed E-state index contributed by atoms with van der Waals surface area (Å²) in [5.41, 5.74) is 1.61. The number of hydrazone groups is 1. The van der Waals surface area contributed by atoms with Gasteiger partial charge in [0.15, 0.2) is 23.0 Å². The zero-order chi connectivity index (χ0) is 27.4. The molecule has 3 rings (SSSR count). The molecule has 0 aliphatic rings. The van der Waals surface area contributed by atoms with E-state index in [0.29, 0.717) is 12.1 Å². The van der Waals surface area contributed by atoms with Crippen molar-refractivity contribution >= 4 is 29.6 Å². The SMILES string of the molecule is CCOC(=O)C(/C=N/O)=N/Nc1ccc(F)cc1F.CCOC(=O)c1cnn(-c2ccc(F)cc2F)n1. The number of benzene rings is 2. The summed E-state index contributed by atoms with van der Waals surface area (Å²) in [6.07, 6.45) is 1.88. The number of oxime groups is 1. The largest absolute Gasteiger partial charge is 0.461 e. The Morgan fingerprint density at radius 1 is 1.03 bits per heavy atom. The molecule has 0 atom stereocenters. The first-order valence-electron chi connectivity index (χ1n) is 10.4. The lowest BCUT2D eigenvalue weighted by atomic mass is 10.3. The first kappa shape index (κ1) is 28.4. The number of aromatic nitrogens is 3. The average Bonchev–Trinajstić information content (AvgIpc) is 3.33. The van der Waals surface area contributed by atoms with E-state index in [2.05, 4.69) is 30.6 Å². The molecule has 2 aromatic carbocycles. The molecule has 1 heterocycles. The molecule has 11 nitrogen and oxygen atoms in total. The number of carbonyl (C=O) groups excluding carboxylic acids is 2. The molecule has 1 aromatic heterocycles. The van der Waals surface area contributed by atoms with Gasteiger partial charge in [0.2, 0.25) is 0 Å². The lowest BCUT2D eigenvalue weighted by molar-refractivity contribution is -0.134. The zero-order valence-electron chi connectivity index (χ0n) is 19.4. The topological polar surface area (TPSA) is 140 Å². The van der Waals surface area contributed by atoms with Crippen molar-refractivity contribution in [3.05, 3.63) is 71.6 Å². The van der Waals surface area contributed by atoms with E-state index >= 15 is 0 Å². The summed E-state index contributed by atoms with van der Waals surface area (Å²) < 4.78 is 61.4. The van der Waals surface area contributed by atoms with Crippen LogP contribution < -0.4 is 5.43 Å². The molecule has 0 saturated carbocycles. The maximum absolute atomic E-state index is 13.4. The Bertz CT molecular complexity index is 1300. The van der Waals surface area contributed by atoms with Gasteiger partial charge in [0.1, 0.15) is 23.5 Å². The molecular weight excluding hydrogens is 504 g/mol. The predicted octanol–water partition coefficient (Wildman–Crippen LogP) is 3.48. The van der Waals surface area contributed by atoms with Gasteiger partial charge in [-0.1, -0.05) is 5.16 Å². The van der Waals surface area contributed by atoms with Crippen molar-refractivity contribution in [3.8, 4) is 5.69 Å². The Labute approximate surface area is 207 Å². The van der Waals surface area contributed by atoms with Crippen LogP contribution in [0.4, 0.5) is 23.2 Å². The maximum atomic E-state index is 13.4. The van der Waals surface area contributed by atoms with Crippen LogP contribution in [0, 0.1) is 23.3 Å². The number of nitrogens with one attached hydrogen (secondary N) is 1. The second-order valence-corrected chi connectivity index (χ2v) is 6.53. The van der Waals surface area contributed by atoms with Crippen molar-refractivity contribution in [2.24, 2.45) is 10.3 Å². The van der Waals surface area contributed by atoms with Gasteiger partial charge in [0.05, 0.1) is 25.1 Å². The highest BCUT2D eigenvalue weighted by molar-refractivity contribution is 6.59. The number of hydrogen-bond donors (Lipinski definition) is 2. The van der Waals surface area contributed by atoms with Crippen LogP contribution in [0.3, 0.4) is 0 Å². The number of ether oxygens (including phenoxy) is 2. The van der Waals surface area contributed by atoms with E-state index in [4.69, 9.17) is 9.94 Å². The molecule has 3 aromatic rings. The van der Waals surface area contributed by atoms with Crippen LogP contribution in [0.25, 0.3) is 5.69 Å². The summed E-state index contributed by atoms with van der Waals surface area (Å²) in [5, 5.41) is 22.0. The summed E-state index contributed by atoms with van der Waals surface area (Å²) in [6, 6.07) is 5.74. The summed E-state index contributed by atoms with van der Waals surface area (Å²) in [7, 11) is 0. The third kappa shape index (κ3) is 8.41. The fourth-order valence-electron chi connectivity index (χ4n) is 2.41. The van der Waals surface area contributed by atoms with Gasteiger partial charge in [-0.15, -0.1) is 9.90 Å². The summed E-state index contributed by atoms with van der Waals surface area (Å²) in [5.74, 6) is -4.64. The normalized spacial score (nSPS) is 11.0. The fourth-order valence-corrected chi connectivity index (χ4v) is 2.41. The highest BCUT2D eigenvalue weighted by Gasteiger charge is 2.15.